The summed E-state index contributed by atoms with van der Waals surface area (Å²) in [6.07, 6.45) is 7.52. The second-order valence-electron chi connectivity index (χ2n) is 7.11. The predicted octanol–water partition coefficient (Wildman–Crippen LogP) is 3.45. The van der Waals surface area contributed by atoms with Gasteiger partial charge in [0.2, 0.25) is 5.75 Å². The summed E-state index contributed by atoms with van der Waals surface area (Å²) in [5.41, 5.74) is 0.676. The number of ether oxygens (including phenoxy) is 4. The summed E-state index contributed by atoms with van der Waals surface area (Å²) in [6, 6.07) is 3.67. The lowest BCUT2D eigenvalue weighted by atomic mass is 9.94. The first kappa shape index (κ1) is 22.6. The number of likely N-dealkylation sites (N-methyl/N-ethyl adjacent to an activating group) is 1. The first-order valence-electron chi connectivity index (χ1n) is 9.86. The zero-order valence-electron chi connectivity index (χ0n) is 17.9. The van der Waals surface area contributed by atoms with Gasteiger partial charge >= 0.3 is 5.97 Å². The van der Waals surface area contributed by atoms with Gasteiger partial charge in [0, 0.05) is 19.2 Å². The van der Waals surface area contributed by atoms with Gasteiger partial charge in [-0.05, 0) is 43.5 Å². The number of nitrogens with zero attached hydrogens (tertiary/aromatic N) is 1. The highest BCUT2D eigenvalue weighted by Gasteiger charge is 2.27. The smallest absolute Gasteiger partial charge is 0.331 e. The van der Waals surface area contributed by atoms with Crippen molar-refractivity contribution in [2.75, 3.05) is 28.4 Å². The average molecular weight is 405 g/mol. The van der Waals surface area contributed by atoms with Crippen molar-refractivity contribution in [2.24, 2.45) is 0 Å². The first-order valence-corrected chi connectivity index (χ1v) is 9.86. The summed E-state index contributed by atoms with van der Waals surface area (Å²) in [7, 11) is 6.36. The molecule has 0 heterocycles. The number of methoxy groups -OCH3 is 3. The molecule has 1 fully saturated rings. The predicted molar refractivity (Wildman–Crippen MR) is 110 cm³/mol. The lowest BCUT2D eigenvalue weighted by Crippen LogP contribution is -2.44. The summed E-state index contributed by atoms with van der Waals surface area (Å²) in [5, 5.41) is 0. The van der Waals surface area contributed by atoms with Crippen LogP contribution in [0.25, 0.3) is 6.08 Å². The molecule has 0 saturated heterocycles. The maximum absolute atomic E-state index is 12.6. The lowest BCUT2D eigenvalue weighted by Gasteiger charge is -2.32. The van der Waals surface area contributed by atoms with Gasteiger partial charge in [-0.2, -0.15) is 0 Å². The number of carbonyl (C=O) groups excluding carboxylic acids is 2. The van der Waals surface area contributed by atoms with Crippen LogP contribution in [0.3, 0.4) is 0 Å². The Hall–Kier alpha value is -2.70. The zero-order chi connectivity index (χ0) is 21.4. The molecule has 0 bridgehead atoms. The summed E-state index contributed by atoms with van der Waals surface area (Å²) >= 11 is 0. The van der Waals surface area contributed by atoms with Gasteiger partial charge in [0.15, 0.2) is 17.6 Å². The topological polar surface area (TPSA) is 74.3 Å². The van der Waals surface area contributed by atoms with Gasteiger partial charge in [-0.25, -0.2) is 4.79 Å². The highest BCUT2D eigenvalue weighted by atomic mass is 16.5. The molecular weight excluding hydrogens is 374 g/mol. The van der Waals surface area contributed by atoms with E-state index in [4.69, 9.17) is 18.9 Å². The molecule has 2 rings (SSSR count). The largest absolute Gasteiger partial charge is 0.493 e. The zero-order valence-corrected chi connectivity index (χ0v) is 17.9. The van der Waals surface area contributed by atoms with E-state index in [1.807, 2.05) is 0 Å². The van der Waals surface area contributed by atoms with Gasteiger partial charge in [0.1, 0.15) is 0 Å². The van der Waals surface area contributed by atoms with Crippen LogP contribution in [0.2, 0.25) is 0 Å². The maximum Gasteiger partial charge on any atom is 0.331 e. The number of carbonyl (C=O) groups is 2. The average Bonchev–Trinajstić information content (AvgIpc) is 2.76. The van der Waals surface area contributed by atoms with Crippen LogP contribution in [-0.2, 0) is 14.3 Å². The number of esters is 1. The molecule has 1 atom stereocenters. The molecule has 29 heavy (non-hydrogen) atoms. The molecule has 0 spiro atoms. The Morgan fingerprint density at radius 2 is 1.62 bits per heavy atom. The Balaban J connectivity index is 2.00. The molecule has 1 saturated carbocycles. The third-order valence-electron chi connectivity index (χ3n) is 5.21. The molecule has 1 aliphatic rings. The van der Waals surface area contributed by atoms with E-state index in [2.05, 4.69) is 0 Å². The van der Waals surface area contributed by atoms with Crippen molar-refractivity contribution in [3.05, 3.63) is 23.8 Å². The van der Waals surface area contributed by atoms with Crippen LogP contribution >= 0.6 is 0 Å². The van der Waals surface area contributed by atoms with Gasteiger partial charge < -0.3 is 23.8 Å². The van der Waals surface area contributed by atoms with Crippen LogP contribution in [-0.4, -0.2) is 57.3 Å². The van der Waals surface area contributed by atoms with E-state index in [1.165, 1.54) is 33.8 Å². The second kappa shape index (κ2) is 10.7. The first-order chi connectivity index (χ1) is 13.9. The Morgan fingerprint density at radius 1 is 1.03 bits per heavy atom. The van der Waals surface area contributed by atoms with E-state index in [-0.39, 0.29) is 11.9 Å². The van der Waals surface area contributed by atoms with Gasteiger partial charge in [-0.15, -0.1) is 0 Å². The highest BCUT2D eigenvalue weighted by Crippen LogP contribution is 2.38. The molecule has 1 aromatic carbocycles. The molecule has 1 amide bonds. The Labute approximate surface area is 172 Å². The van der Waals surface area contributed by atoms with E-state index in [0.29, 0.717) is 22.8 Å². The second-order valence-corrected chi connectivity index (χ2v) is 7.11. The fourth-order valence-corrected chi connectivity index (χ4v) is 3.56. The molecule has 1 aromatic rings. The van der Waals surface area contributed by atoms with Crippen LogP contribution in [0, 0.1) is 0 Å². The van der Waals surface area contributed by atoms with E-state index in [0.717, 1.165) is 25.7 Å². The van der Waals surface area contributed by atoms with Crippen LogP contribution < -0.4 is 14.2 Å². The standard InChI is InChI=1S/C22H31NO6/c1-15(22(25)23(2)17-9-7-6-8-10-17)29-20(24)12-11-16-13-18(26-3)21(28-5)19(14-16)27-4/h11-15,17H,6-10H2,1-5H3/b12-11+/t15-/m1/s1. The van der Waals surface area contributed by atoms with Crippen LogP contribution in [0.5, 0.6) is 17.2 Å². The Morgan fingerprint density at radius 3 is 2.14 bits per heavy atom. The number of hydrogen-bond donors (Lipinski definition) is 0. The maximum atomic E-state index is 12.6. The van der Waals surface area contributed by atoms with Gasteiger partial charge in [-0.1, -0.05) is 19.3 Å². The van der Waals surface area contributed by atoms with Gasteiger partial charge in [0.25, 0.3) is 5.91 Å². The third-order valence-corrected chi connectivity index (χ3v) is 5.21. The van der Waals surface area contributed by atoms with Gasteiger partial charge in [0.05, 0.1) is 21.3 Å². The quantitative estimate of drug-likeness (QED) is 0.487. The van der Waals surface area contributed by atoms with Crippen LogP contribution in [0.4, 0.5) is 0 Å². The molecule has 0 aliphatic heterocycles. The minimum Gasteiger partial charge on any atom is -0.493 e. The molecule has 0 radical (unpaired) electrons. The van der Waals surface area contributed by atoms with Crippen molar-refractivity contribution in [1.82, 2.24) is 4.90 Å². The third kappa shape index (κ3) is 5.89. The van der Waals surface area contributed by atoms with Crippen molar-refractivity contribution < 1.29 is 28.5 Å². The van der Waals surface area contributed by atoms with Crippen molar-refractivity contribution in [1.29, 1.82) is 0 Å². The molecule has 160 valence electrons. The Kier molecular flexibility index (Phi) is 8.36. The van der Waals surface area contributed by atoms with Crippen molar-refractivity contribution in [3.8, 4) is 17.2 Å². The summed E-state index contributed by atoms with van der Waals surface area (Å²) in [4.78, 5) is 26.5. The van der Waals surface area contributed by atoms with E-state index < -0.39 is 12.1 Å². The normalized spacial score (nSPS) is 15.6. The van der Waals surface area contributed by atoms with Crippen LogP contribution in [0.15, 0.2) is 18.2 Å². The number of benzene rings is 1. The SMILES string of the molecule is COc1cc(/C=C/C(=O)O[C@H](C)C(=O)N(C)C2CCCCC2)cc(OC)c1OC. The highest BCUT2D eigenvalue weighted by molar-refractivity contribution is 5.90. The summed E-state index contributed by atoms with van der Waals surface area (Å²) in [6.45, 7) is 1.60. The van der Waals surface area contributed by atoms with Gasteiger partial charge in [-0.3, -0.25) is 4.79 Å². The molecule has 7 heteroatoms. The van der Waals surface area contributed by atoms with Crippen LogP contribution in [0.1, 0.15) is 44.6 Å². The number of rotatable bonds is 8. The minimum absolute atomic E-state index is 0.175. The molecule has 1 aliphatic carbocycles. The van der Waals surface area contributed by atoms with E-state index in [1.54, 1.807) is 37.1 Å². The molecular formula is C22H31NO6. The fourth-order valence-electron chi connectivity index (χ4n) is 3.56. The molecule has 0 unspecified atom stereocenters. The minimum atomic E-state index is -0.834. The van der Waals surface area contributed by atoms with Crippen molar-refractivity contribution in [2.45, 2.75) is 51.2 Å². The van der Waals surface area contributed by atoms with E-state index >= 15 is 0 Å². The Bertz CT molecular complexity index is 714. The fraction of sp³-hybridized carbons (Fsp3) is 0.545. The summed E-state index contributed by atoms with van der Waals surface area (Å²) in [5.74, 6) is 0.679. The van der Waals surface area contributed by atoms with Crippen molar-refractivity contribution >= 4 is 18.0 Å². The monoisotopic (exact) mass is 405 g/mol. The molecule has 0 aromatic heterocycles. The lowest BCUT2D eigenvalue weighted by molar-refractivity contribution is -0.156. The number of amides is 1. The van der Waals surface area contributed by atoms with Crippen molar-refractivity contribution in [3.63, 3.8) is 0 Å². The van der Waals surface area contributed by atoms with E-state index in [9.17, 15) is 9.59 Å². The molecule has 7 nitrogen and oxygen atoms in total. The molecule has 0 N–H and O–H groups in total. The number of hydrogen-bond acceptors (Lipinski definition) is 6. The summed E-state index contributed by atoms with van der Waals surface area (Å²) < 4.78 is 21.2.